The van der Waals surface area contributed by atoms with E-state index >= 15 is 0 Å². The van der Waals surface area contributed by atoms with E-state index in [-0.39, 0.29) is 18.4 Å². The van der Waals surface area contributed by atoms with Crippen molar-refractivity contribution in [2.45, 2.75) is 38.8 Å². The second-order valence-electron chi connectivity index (χ2n) is 4.79. The number of fused-ring (bicyclic) bond motifs is 1. The fraction of sp³-hybridized carbons (Fsp3) is 0.429. The van der Waals surface area contributed by atoms with Crippen LogP contribution in [0.25, 0.3) is 5.65 Å². The molecule has 0 aliphatic rings. The van der Waals surface area contributed by atoms with Crippen LogP contribution in [0.2, 0.25) is 0 Å². The van der Waals surface area contributed by atoms with Gasteiger partial charge in [0.25, 0.3) is 0 Å². The molecule has 0 aliphatic carbocycles. The van der Waals surface area contributed by atoms with Crippen LogP contribution in [-0.2, 0) is 11.2 Å². The fourth-order valence-corrected chi connectivity index (χ4v) is 2.56. The molecule has 0 fully saturated rings. The smallest absolute Gasteiger partial charge is 0.226 e. The normalized spacial score (nSPS) is 14.2. The average molecular weight is 340 g/mol. The van der Waals surface area contributed by atoms with Crippen molar-refractivity contribution < 1.29 is 9.90 Å². The number of aliphatic hydroxyl groups is 1. The first-order valence-electron chi connectivity index (χ1n) is 6.61. The molecule has 0 saturated carbocycles. The minimum atomic E-state index is -0.525. The molecule has 6 heteroatoms. The minimum absolute atomic E-state index is 0.144. The summed E-state index contributed by atoms with van der Waals surface area (Å²) in [6.07, 6.45) is 2.16. The van der Waals surface area contributed by atoms with E-state index in [0.717, 1.165) is 10.3 Å². The van der Waals surface area contributed by atoms with E-state index in [1.807, 2.05) is 35.7 Å². The van der Waals surface area contributed by atoms with E-state index in [0.29, 0.717) is 12.1 Å². The second-order valence-corrected chi connectivity index (χ2v) is 5.54. The summed E-state index contributed by atoms with van der Waals surface area (Å²) < 4.78 is 2.67. The average Bonchev–Trinajstić information content (AvgIpc) is 2.74. The van der Waals surface area contributed by atoms with Crippen molar-refractivity contribution in [3.63, 3.8) is 0 Å². The molecule has 2 N–H and O–H groups in total. The van der Waals surface area contributed by atoms with Gasteiger partial charge in [0.1, 0.15) is 10.3 Å². The third kappa shape index (κ3) is 3.19. The Morgan fingerprint density at radius 3 is 2.95 bits per heavy atom. The number of carbonyl (C=O) groups is 1. The monoisotopic (exact) mass is 339 g/mol. The lowest BCUT2D eigenvalue weighted by Gasteiger charge is -2.18. The molecule has 2 heterocycles. The maximum Gasteiger partial charge on any atom is 0.226 e. The number of halogens is 1. The highest BCUT2D eigenvalue weighted by molar-refractivity contribution is 9.10. The van der Waals surface area contributed by atoms with Gasteiger partial charge in [-0.15, -0.1) is 0 Å². The zero-order valence-corrected chi connectivity index (χ0v) is 13.1. The zero-order chi connectivity index (χ0) is 14.7. The number of carbonyl (C=O) groups excluding carboxylic acids is 1. The number of imidazole rings is 1. The van der Waals surface area contributed by atoms with Gasteiger partial charge in [0.15, 0.2) is 0 Å². The Kier molecular flexibility index (Phi) is 4.77. The van der Waals surface area contributed by atoms with Gasteiger partial charge < -0.3 is 10.4 Å². The number of nitrogens with zero attached hydrogens (tertiary/aromatic N) is 2. The first-order chi connectivity index (χ1) is 9.52. The molecule has 2 atom stereocenters. The number of nitrogens with one attached hydrogen (secondary N) is 1. The van der Waals surface area contributed by atoms with Crippen molar-refractivity contribution in [3.05, 3.63) is 34.7 Å². The van der Waals surface area contributed by atoms with Crippen molar-refractivity contribution in [2.24, 2.45) is 0 Å². The first-order valence-corrected chi connectivity index (χ1v) is 7.41. The molecule has 2 aromatic rings. The Labute approximate surface area is 126 Å². The highest BCUT2D eigenvalue weighted by Gasteiger charge is 2.17. The summed E-state index contributed by atoms with van der Waals surface area (Å²) in [4.78, 5) is 16.4. The van der Waals surface area contributed by atoms with Crippen LogP contribution in [0.1, 0.15) is 26.0 Å². The van der Waals surface area contributed by atoms with E-state index in [4.69, 9.17) is 0 Å². The molecule has 0 radical (unpaired) electrons. The van der Waals surface area contributed by atoms with Crippen molar-refractivity contribution in [2.75, 3.05) is 0 Å². The van der Waals surface area contributed by atoms with Crippen molar-refractivity contribution in [1.29, 1.82) is 0 Å². The zero-order valence-electron chi connectivity index (χ0n) is 11.5. The van der Waals surface area contributed by atoms with Gasteiger partial charge >= 0.3 is 0 Å². The summed E-state index contributed by atoms with van der Waals surface area (Å²) >= 11 is 3.46. The standard InChI is InChI=1S/C14H18BrN3O2/c1-3-11(19)9(2)16-13(20)8-10-14(15)18-7-5-4-6-12(18)17-10/h4-7,9,11,19H,3,8H2,1-2H3,(H,16,20). The summed E-state index contributed by atoms with van der Waals surface area (Å²) in [7, 11) is 0. The summed E-state index contributed by atoms with van der Waals surface area (Å²) in [5.74, 6) is -0.144. The molecule has 2 aromatic heterocycles. The molecule has 2 unspecified atom stereocenters. The highest BCUT2D eigenvalue weighted by Crippen LogP contribution is 2.19. The second kappa shape index (κ2) is 6.37. The maximum absolute atomic E-state index is 12.0. The predicted molar refractivity (Wildman–Crippen MR) is 80.5 cm³/mol. The number of hydrogen-bond acceptors (Lipinski definition) is 3. The van der Waals surface area contributed by atoms with Crippen LogP contribution in [0.15, 0.2) is 29.0 Å². The Hall–Kier alpha value is -1.40. The van der Waals surface area contributed by atoms with Gasteiger partial charge in [-0.2, -0.15) is 0 Å². The molecule has 5 nitrogen and oxygen atoms in total. The first kappa shape index (κ1) is 15.0. The van der Waals surface area contributed by atoms with E-state index in [2.05, 4.69) is 26.2 Å². The molecule has 0 aromatic carbocycles. The van der Waals surface area contributed by atoms with E-state index < -0.39 is 6.10 Å². The third-order valence-electron chi connectivity index (χ3n) is 3.25. The largest absolute Gasteiger partial charge is 0.391 e. The van der Waals surface area contributed by atoms with E-state index in [1.54, 1.807) is 6.92 Å². The minimum Gasteiger partial charge on any atom is -0.391 e. The molecule has 20 heavy (non-hydrogen) atoms. The SMILES string of the molecule is CCC(O)C(C)NC(=O)Cc1nc2ccccn2c1Br. The Balaban J connectivity index is 2.08. The van der Waals surface area contributed by atoms with E-state index in [1.165, 1.54) is 0 Å². The summed E-state index contributed by atoms with van der Waals surface area (Å²) in [5.41, 5.74) is 1.48. The summed E-state index contributed by atoms with van der Waals surface area (Å²) in [5, 5.41) is 12.5. The lowest BCUT2D eigenvalue weighted by atomic mass is 10.1. The van der Waals surface area contributed by atoms with Gasteiger partial charge in [0.2, 0.25) is 5.91 Å². The molecule has 2 rings (SSSR count). The maximum atomic E-state index is 12.0. The molecular formula is C14H18BrN3O2. The summed E-state index contributed by atoms with van der Waals surface area (Å²) in [6.45, 7) is 3.68. The van der Waals surface area contributed by atoms with Gasteiger partial charge in [0, 0.05) is 6.20 Å². The molecule has 108 valence electrons. The Morgan fingerprint density at radius 2 is 2.30 bits per heavy atom. The topological polar surface area (TPSA) is 66.6 Å². The van der Waals surface area contributed by atoms with Gasteiger partial charge in [-0.25, -0.2) is 4.98 Å². The molecule has 1 amide bonds. The van der Waals surface area contributed by atoms with Crippen LogP contribution >= 0.6 is 15.9 Å². The molecular weight excluding hydrogens is 322 g/mol. The molecule has 0 aliphatic heterocycles. The number of rotatable bonds is 5. The van der Waals surface area contributed by atoms with Crippen LogP contribution in [-0.4, -0.2) is 32.5 Å². The van der Waals surface area contributed by atoms with Crippen LogP contribution in [0.3, 0.4) is 0 Å². The lowest BCUT2D eigenvalue weighted by Crippen LogP contribution is -2.41. The van der Waals surface area contributed by atoms with Crippen molar-refractivity contribution in [3.8, 4) is 0 Å². The van der Waals surface area contributed by atoms with Crippen LogP contribution in [0, 0.1) is 0 Å². The van der Waals surface area contributed by atoms with Crippen molar-refractivity contribution in [1.82, 2.24) is 14.7 Å². The third-order valence-corrected chi connectivity index (χ3v) is 4.09. The summed E-state index contributed by atoms with van der Waals surface area (Å²) in [6, 6.07) is 5.43. The van der Waals surface area contributed by atoms with Crippen LogP contribution in [0.4, 0.5) is 0 Å². The highest BCUT2D eigenvalue weighted by atomic mass is 79.9. The fourth-order valence-electron chi connectivity index (χ4n) is 2.03. The van der Waals surface area contributed by atoms with Gasteiger partial charge in [-0.3, -0.25) is 9.20 Å². The number of aliphatic hydroxyl groups excluding tert-OH is 1. The van der Waals surface area contributed by atoms with Crippen molar-refractivity contribution >= 4 is 27.5 Å². The number of pyridine rings is 1. The molecule has 0 spiro atoms. The number of amides is 1. The molecule has 0 saturated heterocycles. The Morgan fingerprint density at radius 1 is 1.55 bits per heavy atom. The lowest BCUT2D eigenvalue weighted by molar-refractivity contribution is -0.121. The Bertz CT molecular complexity index is 611. The van der Waals surface area contributed by atoms with Gasteiger partial charge in [-0.05, 0) is 41.4 Å². The number of hydrogen-bond donors (Lipinski definition) is 2. The predicted octanol–water partition coefficient (Wildman–Crippen LogP) is 1.91. The number of aromatic nitrogens is 2. The van der Waals surface area contributed by atoms with Crippen LogP contribution < -0.4 is 5.32 Å². The van der Waals surface area contributed by atoms with Gasteiger partial charge in [-0.1, -0.05) is 13.0 Å². The quantitative estimate of drug-likeness (QED) is 0.874. The molecule has 0 bridgehead atoms. The van der Waals surface area contributed by atoms with E-state index in [9.17, 15) is 9.90 Å². The van der Waals surface area contributed by atoms with Crippen LogP contribution in [0.5, 0.6) is 0 Å². The van der Waals surface area contributed by atoms with Gasteiger partial charge in [0.05, 0.1) is 24.3 Å².